The fourth-order valence-corrected chi connectivity index (χ4v) is 4.71. The summed E-state index contributed by atoms with van der Waals surface area (Å²) in [5.41, 5.74) is 3.03. The normalized spacial score (nSPS) is 11.4. The van der Waals surface area contributed by atoms with Crippen LogP contribution in [0.4, 0.5) is 0 Å². The van der Waals surface area contributed by atoms with Gasteiger partial charge in [-0.15, -0.1) is 0 Å². The Hall–Kier alpha value is -2.76. The number of carbonyl (C=O) groups is 1. The lowest BCUT2D eigenvalue weighted by Crippen LogP contribution is -2.08. The van der Waals surface area contributed by atoms with Crippen molar-refractivity contribution >= 4 is 33.1 Å². The minimum absolute atomic E-state index is 0.117. The zero-order chi connectivity index (χ0) is 21.2. The smallest absolute Gasteiger partial charge is 0.310 e. The van der Waals surface area contributed by atoms with Crippen LogP contribution in [-0.2, 0) is 25.8 Å². The van der Waals surface area contributed by atoms with E-state index in [4.69, 9.17) is 4.74 Å². The van der Waals surface area contributed by atoms with E-state index in [1.807, 2.05) is 17.5 Å². The third-order valence-corrected chi connectivity index (χ3v) is 6.81. The Bertz CT molecular complexity index is 1220. The Morgan fingerprint density at radius 1 is 1.24 bits per heavy atom. The van der Waals surface area contributed by atoms with Crippen molar-refractivity contribution in [3.63, 3.8) is 0 Å². The van der Waals surface area contributed by atoms with Gasteiger partial charge in [0.05, 0.1) is 40.1 Å². The lowest BCUT2D eigenvalue weighted by molar-refractivity contribution is -0.142. The summed E-state index contributed by atoms with van der Waals surface area (Å²) < 4.78 is 30.4. The number of esters is 1. The van der Waals surface area contributed by atoms with Gasteiger partial charge in [0.15, 0.2) is 9.84 Å². The van der Waals surface area contributed by atoms with Gasteiger partial charge in [0, 0.05) is 17.3 Å². The zero-order valence-electron chi connectivity index (χ0n) is 16.3. The molecule has 6 nitrogen and oxygen atoms in total. The Morgan fingerprint density at radius 2 is 1.93 bits per heavy atom. The third kappa shape index (κ3) is 4.47. The average Bonchev–Trinajstić information content (AvgIpc) is 2.93. The van der Waals surface area contributed by atoms with Crippen LogP contribution in [0, 0.1) is 18.3 Å². The van der Waals surface area contributed by atoms with E-state index in [1.165, 1.54) is 18.0 Å². The maximum Gasteiger partial charge on any atom is 0.310 e. The summed E-state index contributed by atoms with van der Waals surface area (Å²) in [5.74, 6) is -0.320. The maximum absolute atomic E-state index is 12.1. The highest BCUT2D eigenvalue weighted by molar-refractivity contribution is 7.99. The first-order chi connectivity index (χ1) is 13.7. The molecule has 0 radical (unpaired) electrons. The van der Waals surface area contributed by atoms with Crippen LogP contribution in [0.25, 0.3) is 5.52 Å². The molecule has 150 valence electrons. The van der Waals surface area contributed by atoms with Gasteiger partial charge < -0.3 is 9.14 Å². The second-order valence-electron chi connectivity index (χ2n) is 6.52. The van der Waals surface area contributed by atoms with Gasteiger partial charge in [0.1, 0.15) is 0 Å². The molecule has 0 unspecified atom stereocenters. The molecule has 29 heavy (non-hydrogen) atoms. The van der Waals surface area contributed by atoms with Crippen molar-refractivity contribution < 1.29 is 17.9 Å². The molecule has 3 aromatic rings. The highest BCUT2D eigenvalue weighted by atomic mass is 32.2. The van der Waals surface area contributed by atoms with Crippen LogP contribution in [0.5, 0.6) is 0 Å². The fourth-order valence-electron chi connectivity index (χ4n) is 3.05. The van der Waals surface area contributed by atoms with Gasteiger partial charge in [-0.05, 0) is 61.4 Å². The number of hydrogen-bond donors (Lipinski definition) is 0. The lowest BCUT2D eigenvalue weighted by atomic mass is 10.1. The summed E-state index contributed by atoms with van der Waals surface area (Å²) in [6.45, 7) is 4.00. The Balaban J connectivity index is 2.06. The third-order valence-electron chi connectivity index (χ3n) is 4.48. The van der Waals surface area contributed by atoms with Crippen molar-refractivity contribution in [2.45, 2.75) is 35.1 Å². The number of pyridine rings is 1. The van der Waals surface area contributed by atoms with E-state index in [0.29, 0.717) is 12.2 Å². The number of carbonyl (C=O) groups excluding carboxylic acids is 1. The minimum atomic E-state index is -3.25. The summed E-state index contributed by atoms with van der Waals surface area (Å²) in [6.07, 6.45) is 3.10. The molecular formula is C21H20N2O4S2. The molecule has 3 rings (SSSR count). The SMILES string of the molecule is CCOC(=O)Cc1c(C)c(Sc2ccc(S(C)(=O)=O)cc2)n2ccc(C#N)cc12. The molecule has 0 N–H and O–H groups in total. The van der Waals surface area contributed by atoms with E-state index in [0.717, 1.165) is 26.6 Å². The standard InChI is InChI=1S/C21H20N2O4S2/c1-4-27-20(24)12-18-14(2)21(23-10-9-15(13-22)11-19(18)23)28-16-5-7-17(8-6-16)29(3,25)26/h5-11H,4,12H2,1-3H3. The molecule has 0 aliphatic rings. The van der Waals surface area contributed by atoms with Gasteiger partial charge in [-0.25, -0.2) is 8.42 Å². The number of benzene rings is 1. The molecule has 0 amide bonds. The van der Waals surface area contributed by atoms with E-state index in [-0.39, 0.29) is 17.3 Å². The van der Waals surface area contributed by atoms with Crippen molar-refractivity contribution in [3.05, 3.63) is 59.3 Å². The Labute approximate surface area is 174 Å². The summed E-state index contributed by atoms with van der Waals surface area (Å²) in [4.78, 5) is 13.2. The number of hydrogen-bond acceptors (Lipinski definition) is 6. The van der Waals surface area contributed by atoms with Gasteiger partial charge in [0.25, 0.3) is 0 Å². The van der Waals surface area contributed by atoms with Crippen molar-refractivity contribution in [1.29, 1.82) is 5.26 Å². The highest BCUT2D eigenvalue weighted by Gasteiger charge is 2.19. The van der Waals surface area contributed by atoms with E-state index in [2.05, 4.69) is 6.07 Å². The highest BCUT2D eigenvalue weighted by Crippen LogP contribution is 2.36. The molecule has 2 aromatic heterocycles. The van der Waals surface area contributed by atoms with Crippen LogP contribution in [0.1, 0.15) is 23.6 Å². The molecule has 0 saturated carbocycles. The van der Waals surface area contributed by atoms with Crippen LogP contribution in [0.2, 0.25) is 0 Å². The molecule has 2 heterocycles. The number of rotatable bonds is 6. The topological polar surface area (TPSA) is 88.6 Å². The lowest BCUT2D eigenvalue weighted by Gasteiger charge is -2.06. The minimum Gasteiger partial charge on any atom is -0.466 e. The molecule has 0 aliphatic heterocycles. The maximum atomic E-state index is 12.1. The number of ether oxygens (including phenoxy) is 1. The van der Waals surface area contributed by atoms with Crippen LogP contribution < -0.4 is 0 Å². The van der Waals surface area contributed by atoms with Crippen molar-refractivity contribution in [1.82, 2.24) is 4.40 Å². The molecule has 8 heteroatoms. The number of nitrogens with zero attached hydrogens (tertiary/aromatic N) is 2. The second kappa shape index (κ2) is 8.31. The zero-order valence-corrected chi connectivity index (χ0v) is 17.9. The molecule has 0 saturated heterocycles. The molecular weight excluding hydrogens is 408 g/mol. The molecule has 0 atom stereocenters. The van der Waals surface area contributed by atoms with Crippen molar-refractivity contribution in [3.8, 4) is 6.07 Å². The first-order valence-electron chi connectivity index (χ1n) is 8.91. The van der Waals surface area contributed by atoms with Crippen LogP contribution in [0.3, 0.4) is 0 Å². The predicted molar refractivity (Wildman–Crippen MR) is 111 cm³/mol. The van der Waals surface area contributed by atoms with E-state index < -0.39 is 9.84 Å². The fraction of sp³-hybridized carbons (Fsp3) is 0.238. The Morgan fingerprint density at radius 3 is 2.52 bits per heavy atom. The number of aromatic nitrogens is 1. The quantitative estimate of drug-likeness (QED) is 0.555. The summed E-state index contributed by atoms with van der Waals surface area (Å²) >= 11 is 1.47. The van der Waals surface area contributed by atoms with Gasteiger partial charge >= 0.3 is 5.97 Å². The average molecular weight is 429 g/mol. The monoisotopic (exact) mass is 428 g/mol. The van der Waals surface area contributed by atoms with E-state index in [1.54, 1.807) is 43.3 Å². The summed E-state index contributed by atoms with van der Waals surface area (Å²) in [5, 5.41) is 10.2. The van der Waals surface area contributed by atoms with Gasteiger partial charge in [-0.1, -0.05) is 11.8 Å². The number of fused-ring (bicyclic) bond motifs is 1. The van der Waals surface area contributed by atoms with Crippen LogP contribution in [0.15, 0.2) is 57.4 Å². The molecule has 0 fully saturated rings. The van der Waals surface area contributed by atoms with Crippen LogP contribution >= 0.6 is 11.8 Å². The van der Waals surface area contributed by atoms with Gasteiger partial charge in [0.2, 0.25) is 0 Å². The summed E-state index contributed by atoms with van der Waals surface area (Å²) in [7, 11) is -3.25. The van der Waals surface area contributed by atoms with Gasteiger partial charge in [-0.3, -0.25) is 4.79 Å². The van der Waals surface area contributed by atoms with Gasteiger partial charge in [-0.2, -0.15) is 5.26 Å². The van der Waals surface area contributed by atoms with E-state index in [9.17, 15) is 18.5 Å². The number of nitriles is 1. The molecule has 0 bridgehead atoms. The van der Waals surface area contributed by atoms with Crippen molar-refractivity contribution in [2.24, 2.45) is 0 Å². The number of sulfone groups is 1. The first kappa shape index (κ1) is 21.0. The van der Waals surface area contributed by atoms with Crippen LogP contribution in [-0.4, -0.2) is 31.7 Å². The van der Waals surface area contributed by atoms with E-state index >= 15 is 0 Å². The van der Waals surface area contributed by atoms with Crippen molar-refractivity contribution in [2.75, 3.05) is 12.9 Å². The molecule has 0 spiro atoms. The summed E-state index contributed by atoms with van der Waals surface area (Å²) in [6, 6.07) is 12.3. The molecule has 1 aromatic carbocycles. The largest absolute Gasteiger partial charge is 0.466 e. The first-order valence-corrected chi connectivity index (χ1v) is 11.6. The Kier molecular flexibility index (Phi) is 6.01. The molecule has 0 aliphatic carbocycles. The predicted octanol–water partition coefficient (Wildman–Crippen LogP) is 3.78. The second-order valence-corrected chi connectivity index (χ2v) is 9.60.